The lowest BCUT2D eigenvalue weighted by Crippen LogP contribution is -2.53. The van der Waals surface area contributed by atoms with Crippen molar-refractivity contribution in [3.05, 3.63) is 94.2 Å². The largest absolute Gasteiger partial charge is 0.443 e. The topological polar surface area (TPSA) is 130 Å². The van der Waals surface area contributed by atoms with Crippen LogP contribution in [0, 0.1) is 5.92 Å². The van der Waals surface area contributed by atoms with Crippen LogP contribution in [0.2, 0.25) is 0 Å². The van der Waals surface area contributed by atoms with Crippen molar-refractivity contribution >= 4 is 34.6 Å². The van der Waals surface area contributed by atoms with Crippen LogP contribution < -0.4 is 10.5 Å². The first-order valence-electron chi connectivity index (χ1n) is 18.3. The van der Waals surface area contributed by atoms with Crippen LogP contribution in [-0.2, 0) is 29.5 Å². The zero-order valence-electron chi connectivity index (χ0n) is 30.5. The van der Waals surface area contributed by atoms with E-state index in [-0.39, 0.29) is 35.8 Å². The fourth-order valence-electron chi connectivity index (χ4n) is 8.01. The van der Waals surface area contributed by atoms with Gasteiger partial charge in [0.15, 0.2) is 0 Å². The molecule has 2 saturated heterocycles. The molecule has 2 fully saturated rings. The maximum absolute atomic E-state index is 14.2. The van der Waals surface area contributed by atoms with Gasteiger partial charge in [0.25, 0.3) is 11.5 Å². The number of nitrogens with zero attached hydrogens (tertiary/aromatic N) is 6. The summed E-state index contributed by atoms with van der Waals surface area (Å²) in [6, 6.07) is 17.2. The van der Waals surface area contributed by atoms with E-state index in [2.05, 4.69) is 4.98 Å². The SMILES string of the molecule is Cn1ccc2c(=O)n(CC3(O)CCN(C(=O)[C@@H]4CCN(C(=O)c5ccc6c(c5)N(C(=O)OC(C)(C)C)CCC6)C[C@H]4c4ccccc4)CC3)cnc21. The fourth-order valence-corrected chi connectivity index (χ4v) is 8.01. The lowest BCUT2D eigenvalue weighted by molar-refractivity contribution is -0.142. The molecule has 4 aromatic rings. The molecule has 0 radical (unpaired) electrons. The van der Waals surface area contributed by atoms with E-state index in [4.69, 9.17) is 4.74 Å². The first-order chi connectivity index (χ1) is 24.8. The fraction of sp³-hybridized carbons (Fsp3) is 0.475. The predicted octanol–water partition coefficient (Wildman–Crippen LogP) is 4.72. The van der Waals surface area contributed by atoms with Crippen LogP contribution >= 0.6 is 0 Å². The molecule has 3 amide bonds. The number of hydrogen-bond acceptors (Lipinski definition) is 7. The number of ether oxygens (including phenoxy) is 1. The second kappa shape index (κ2) is 13.9. The van der Waals surface area contributed by atoms with E-state index >= 15 is 0 Å². The molecule has 0 spiro atoms. The zero-order chi connectivity index (χ0) is 36.8. The van der Waals surface area contributed by atoms with Gasteiger partial charge in [-0.2, -0.15) is 0 Å². The molecule has 0 bridgehead atoms. The van der Waals surface area contributed by atoms with Gasteiger partial charge in [-0.25, -0.2) is 9.78 Å². The molecule has 52 heavy (non-hydrogen) atoms. The molecule has 5 heterocycles. The molecular formula is C40H48N6O6. The number of piperidine rings is 2. The van der Waals surface area contributed by atoms with Gasteiger partial charge in [0.2, 0.25) is 5.91 Å². The number of anilines is 1. The number of aryl methyl sites for hydroxylation is 2. The molecule has 2 aromatic heterocycles. The summed E-state index contributed by atoms with van der Waals surface area (Å²) in [5, 5.41) is 12.0. The molecule has 1 N–H and O–H groups in total. The van der Waals surface area contributed by atoms with E-state index in [1.165, 1.54) is 10.9 Å². The maximum Gasteiger partial charge on any atom is 0.414 e. The Morgan fingerprint density at radius 1 is 0.981 bits per heavy atom. The molecule has 274 valence electrons. The standard InChI is InChI=1S/C40H48N6O6/c1-39(2,3)52-38(50)46-18-8-11-28-12-13-29(23-33(28)46)35(47)44-20-15-30(32(24-44)27-9-6-5-7-10-27)36(48)43-21-16-40(51,17-22-43)25-45-26-41-34-31(37(45)49)14-19-42(34)4/h5-7,9-10,12-14,19,23,26,30,32,51H,8,11,15-18,20-22,24-25H2,1-4H3/t30-,32+/m1/s1. The van der Waals surface area contributed by atoms with Crippen LogP contribution in [0.5, 0.6) is 0 Å². The van der Waals surface area contributed by atoms with Gasteiger partial charge in [0.1, 0.15) is 17.6 Å². The van der Waals surface area contributed by atoms with Gasteiger partial charge in [-0.05, 0) is 82.2 Å². The number of likely N-dealkylation sites (tertiary alicyclic amines) is 2. The van der Waals surface area contributed by atoms with Crippen LogP contribution in [0.25, 0.3) is 11.0 Å². The van der Waals surface area contributed by atoms with Gasteiger partial charge in [0, 0.05) is 63.4 Å². The molecule has 3 aliphatic heterocycles. The number of carbonyl (C=O) groups excluding carboxylic acids is 3. The summed E-state index contributed by atoms with van der Waals surface area (Å²) in [4.78, 5) is 64.3. The Morgan fingerprint density at radius 2 is 1.73 bits per heavy atom. The van der Waals surface area contributed by atoms with E-state index < -0.39 is 17.3 Å². The summed E-state index contributed by atoms with van der Waals surface area (Å²) in [5.41, 5.74) is 1.84. The van der Waals surface area contributed by atoms with Crippen molar-refractivity contribution in [2.24, 2.45) is 13.0 Å². The monoisotopic (exact) mass is 708 g/mol. The van der Waals surface area contributed by atoms with Gasteiger partial charge in [-0.15, -0.1) is 0 Å². The Labute approximate surface area is 303 Å². The quantitative estimate of drug-likeness (QED) is 0.318. The Hall–Kier alpha value is -4.97. The first kappa shape index (κ1) is 35.4. The number of aliphatic hydroxyl groups is 1. The third-order valence-electron chi connectivity index (χ3n) is 10.8. The minimum Gasteiger partial charge on any atom is -0.443 e. The minimum absolute atomic E-state index is 0.0225. The summed E-state index contributed by atoms with van der Waals surface area (Å²) in [7, 11) is 1.83. The summed E-state index contributed by atoms with van der Waals surface area (Å²) >= 11 is 0. The second-order valence-corrected chi connectivity index (χ2v) is 15.6. The lowest BCUT2D eigenvalue weighted by atomic mass is 9.79. The normalized spacial score (nSPS) is 20.4. The second-order valence-electron chi connectivity index (χ2n) is 15.6. The highest BCUT2D eigenvalue weighted by Crippen LogP contribution is 2.37. The van der Waals surface area contributed by atoms with Gasteiger partial charge in [0.05, 0.1) is 23.2 Å². The number of amides is 3. The molecule has 0 saturated carbocycles. The van der Waals surface area contributed by atoms with Crippen molar-refractivity contribution in [3.8, 4) is 0 Å². The van der Waals surface area contributed by atoms with E-state index in [9.17, 15) is 24.3 Å². The van der Waals surface area contributed by atoms with E-state index in [0.29, 0.717) is 74.3 Å². The van der Waals surface area contributed by atoms with Crippen molar-refractivity contribution in [1.29, 1.82) is 0 Å². The average Bonchev–Trinajstić information content (AvgIpc) is 3.52. The van der Waals surface area contributed by atoms with Crippen LogP contribution in [-0.4, -0.2) is 90.9 Å². The summed E-state index contributed by atoms with van der Waals surface area (Å²) in [6.07, 6.45) is 5.67. The average molecular weight is 709 g/mol. The van der Waals surface area contributed by atoms with Crippen molar-refractivity contribution in [2.75, 3.05) is 37.6 Å². The van der Waals surface area contributed by atoms with Gasteiger partial charge in [-0.3, -0.25) is 23.9 Å². The molecule has 7 rings (SSSR count). The number of benzene rings is 2. The van der Waals surface area contributed by atoms with Crippen LogP contribution in [0.4, 0.5) is 10.5 Å². The Balaban J connectivity index is 1.05. The van der Waals surface area contributed by atoms with Crippen molar-refractivity contribution in [2.45, 2.75) is 76.5 Å². The van der Waals surface area contributed by atoms with Crippen molar-refractivity contribution < 1.29 is 24.2 Å². The molecule has 2 aromatic carbocycles. The molecule has 3 aliphatic rings. The molecule has 12 nitrogen and oxygen atoms in total. The highest BCUT2D eigenvalue weighted by Gasteiger charge is 2.42. The highest BCUT2D eigenvalue weighted by atomic mass is 16.6. The van der Waals surface area contributed by atoms with Gasteiger partial charge in [-0.1, -0.05) is 36.4 Å². The lowest BCUT2D eigenvalue weighted by Gasteiger charge is -2.43. The summed E-state index contributed by atoms with van der Waals surface area (Å²) in [5.74, 6) is -0.665. The van der Waals surface area contributed by atoms with Crippen LogP contribution in [0.15, 0.2) is 71.9 Å². The number of carbonyl (C=O) groups is 3. The third-order valence-corrected chi connectivity index (χ3v) is 10.8. The third kappa shape index (κ3) is 7.08. The number of aromatic nitrogens is 3. The zero-order valence-corrected chi connectivity index (χ0v) is 30.5. The summed E-state index contributed by atoms with van der Waals surface area (Å²) in [6.45, 7) is 7.69. The molecule has 0 unspecified atom stereocenters. The maximum atomic E-state index is 14.2. The van der Waals surface area contributed by atoms with Gasteiger partial charge < -0.3 is 24.2 Å². The van der Waals surface area contributed by atoms with E-state index in [1.54, 1.807) is 21.7 Å². The summed E-state index contributed by atoms with van der Waals surface area (Å²) < 4.78 is 8.94. The van der Waals surface area contributed by atoms with Crippen molar-refractivity contribution in [1.82, 2.24) is 23.9 Å². The first-order valence-corrected chi connectivity index (χ1v) is 18.3. The molecule has 2 atom stereocenters. The van der Waals surface area contributed by atoms with Gasteiger partial charge >= 0.3 is 6.09 Å². The van der Waals surface area contributed by atoms with Crippen LogP contribution in [0.1, 0.15) is 73.9 Å². The van der Waals surface area contributed by atoms with Crippen LogP contribution in [0.3, 0.4) is 0 Å². The number of hydrogen-bond donors (Lipinski definition) is 1. The molecule has 12 heteroatoms. The molecule has 0 aliphatic carbocycles. The number of rotatable bonds is 5. The number of fused-ring (bicyclic) bond motifs is 2. The Bertz CT molecular complexity index is 2040. The van der Waals surface area contributed by atoms with E-state index in [1.807, 2.05) is 86.1 Å². The van der Waals surface area contributed by atoms with Crippen molar-refractivity contribution in [3.63, 3.8) is 0 Å². The Kier molecular flexibility index (Phi) is 9.45. The molecular weight excluding hydrogens is 660 g/mol. The minimum atomic E-state index is -1.15. The Morgan fingerprint density at radius 3 is 2.46 bits per heavy atom. The smallest absolute Gasteiger partial charge is 0.414 e. The highest BCUT2D eigenvalue weighted by molar-refractivity contribution is 5.98. The predicted molar refractivity (Wildman–Crippen MR) is 197 cm³/mol. The van der Waals surface area contributed by atoms with E-state index in [0.717, 1.165) is 24.0 Å².